The Balaban J connectivity index is 1.74. The van der Waals surface area contributed by atoms with Crippen molar-refractivity contribution in [2.45, 2.75) is 26.5 Å². The highest BCUT2D eigenvalue weighted by molar-refractivity contribution is 5.78. The molecule has 0 saturated carbocycles. The summed E-state index contributed by atoms with van der Waals surface area (Å²) < 4.78 is 5.20. The van der Waals surface area contributed by atoms with Crippen LogP contribution < -0.4 is 10.6 Å². The summed E-state index contributed by atoms with van der Waals surface area (Å²) in [4.78, 5) is 28.1. The molecule has 0 radical (unpaired) electrons. The number of piperazine rings is 1. The fourth-order valence-corrected chi connectivity index (χ4v) is 2.94. The quantitative estimate of drug-likeness (QED) is 0.728. The lowest BCUT2D eigenvalue weighted by atomic mass is 10.1. The van der Waals surface area contributed by atoms with Gasteiger partial charge in [-0.1, -0.05) is 31.2 Å². The molecule has 1 aliphatic rings. The second-order valence-corrected chi connectivity index (χ2v) is 6.47. The van der Waals surface area contributed by atoms with Gasteiger partial charge >= 0.3 is 6.03 Å². The molecule has 1 saturated heterocycles. The normalized spacial score (nSPS) is 14.9. The third kappa shape index (κ3) is 6.31. The molecule has 0 atom stereocenters. The standard InChI is InChI=1S/C19H30N4O3/c1-3-8-20-18(24)14-22-9-11-23(12-10-22)19(25)21-13-16-6-4-5-7-17(16)15-26-2/h4-7H,3,8-15H2,1-2H3,(H,20,24)(H,21,25). The van der Waals surface area contributed by atoms with Crippen molar-refractivity contribution in [1.82, 2.24) is 20.4 Å². The van der Waals surface area contributed by atoms with Crippen LogP contribution >= 0.6 is 0 Å². The second kappa shape index (κ2) is 10.8. The van der Waals surface area contributed by atoms with Gasteiger partial charge in [-0.3, -0.25) is 9.69 Å². The number of urea groups is 1. The van der Waals surface area contributed by atoms with Gasteiger partial charge in [0.25, 0.3) is 0 Å². The first-order valence-corrected chi connectivity index (χ1v) is 9.21. The summed E-state index contributed by atoms with van der Waals surface area (Å²) in [5.74, 6) is 0.0551. The van der Waals surface area contributed by atoms with E-state index in [-0.39, 0.29) is 11.9 Å². The number of nitrogens with zero attached hydrogens (tertiary/aromatic N) is 2. The minimum atomic E-state index is -0.0627. The SMILES string of the molecule is CCCNC(=O)CN1CCN(C(=O)NCc2ccccc2COC)CC1. The number of methoxy groups -OCH3 is 1. The zero-order valence-corrected chi connectivity index (χ0v) is 15.8. The van der Waals surface area contributed by atoms with Gasteiger partial charge in [0.1, 0.15) is 0 Å². The summed E-state index contributed by atoms with van der Waals surface area (Å²) in [7, 11) is 1.66. The lowest BCUT2D eigenvalue weighted by Crippen LogP contribution is -2.53. The van der Waals surface area contributed by atoms with Gasteiger partial charge in [-0.15, -0.1) is 0 Å². The van der Waals surface area contributed by atoms with Gasteiger partial charge < -0.3 is 20.3 Å². The average molecular weight is 362 g/mol. The molecule has 1 aliphatic heterocycles. The maximum Gasteiger partial charge on any atom is 0.317 e. The van der Waals surface area contributed by atoms with Gasteiger partial charge in [-0.2, -0.15) is 0 Å². The van der Waals surface area contributed by atoms with Crippen LogP contribution in [0.2, 0.25) is 0 Å². The number of nitrogens with one attached hydrogen (secondary N) is 2. The monoisotopic (exact) mass is 362 g/mol. The van der Waals surface area contributed by atoms with E-state index in [1.165, 1.54) is 0 Å². The van der Waals surface area contributed by atoms with Gasteiger partial charge in [-0.25, -0.2) is 4.79 Å². The molecular formula is C19H30N4O3. The van der Waals surface area contributed by atoms with E-state index >= 15 is 0 Å². The highest BCUT2D eigenvalue weighted by Crippen LogP contribution is 2.10. The number of hydrogen-bond donors (Lipinski definition) is 2. The predicted molar refractivity (Wildman–Crippen MR) is 101 cm³/mol. The summed E-state index contributed by atoms with van der Waals surface area (Å²) in [5.41, 5.74) is 2.15. The molecule has 1 heterocycles. The number of benzene rings is 1. The van der Waals surface area contributed by atoms with Crippen LogP contribution in [0.4, 0.5) is 4.79 Å². The topological polar surface area (TPSA) is 73.9 Å². The molecule has 1 aromatic carbocycles. The number of rotatable bonds is 8. The maximum absolute atomic E-state index is 12.4. The Morgan fingerprint density at radius 1 is 1.08 bits per heavy atom. The van der Waals surface area contributed by atoms with Crippen LogP contribution in [0.15, 0.2) is 24.3 Å². The Hall–Kier alpha value is -2.12. The first-order chi connectivity index (χ1) is 12.6. The molecule has 3 amide bonds. The first-order valence-electron chi connectivity index (χ1n) is 9.21. The van der Waals surface area contributed by atoms with Gasteiger partial charge in [-0.05, 0) is 17.5 Å². The summed E-state index contributed by atoms with van der Waals surface area (Å²) in [6.07, 6.45) is 0.938. The van der Waals surface area contributed by atoms with E-state index in [1.807, 2.05) is 31.2 Å². The van der Waals surface area contributed by atoms with Crippen molar-refractivity contribution in [3.05, 3.63) is 35.4 Å². The zero-order valence-electron chi connectivity index (χ0n) is 15.8. The van der Waals surface area contributed by atoms with Crippen molar-refractivity contribution < 1.29 is 14.3 Å². The predicted octanol–water partition coefficient (Wildman–Crippen LogP) is 1.19. The fraction of sp³-hybridized carbons (Fsp3) is 0.579. The Kier molecular flexibility index (Phi) is 8.37. The van der Waals surface area contributed by atoms with Crippen molar-refractivity contribution in [3.63, 3.8) is 0 Å². The summed E-state index contributed by atoms with van der Waals surface area (Å²) in [5, 5.41) is 5.87. The average Bonchev–Trinajstić information content (AvgIpc) is 2.66. The smallest absolute Gasteiger partial charge is 0.317 e. The molecule has 144 valence electrons. The lowest BCUT2D eigenvalue weighted by Gasteiger charge is -2.34. The van der Waals surface area contributed by atoms with Crippen LogP contribution in [0.1, 0.15) is 24.5 Å². The third-order valence-electron chi connectivity index (χ3n) is 4.45. The number of hydrogen-bond acceptors (Lipinski definition) is 4. The Morgan fingerprint density at radius 2 is 1.77 bits per heavy atom. The second-order valence-electron chi connectivity index (χ2n) is 6.47. The van der Waals surface area contributed by atoms with E-state index in [9.17, 15) is 9.59 Å². The summed E-state index contributed by atoms with van der Waals surface area (Å²) >= 11 is 0. The van der Waals surface area contributed by atoms with Crippen molar-refractivity contribution in [3.8, 4) is 0 Å². The number of amides is 3. The highest BCUT2D eigenvalue weighted by atomic mass is 16.5. The van der Waals surface area contributed by atoms with Gasteiger partial charge in [0, 0.05) is 46.4 Å². The van der Waals surface area contributed by atoms with Crippen molar-refractivity contribution in [2.75, 3.05) is 46.4 Å². The molecule has 7 nitrogen and oxygen atoms in total. The molecule has 1 aromatic rings. The van der Waals surface area contributed by atoms with Crippen molar-refractivity contribution in [2.24, 2.45) is 0 Å². The Bertz CT molecular complexity index is 586. The zero-order chi connectivity index (χ0) is 18.8. The molecule has 26 heavy (non-hydrogen) atoms. The maximum atomic E-state index is 12.4. The number of carbonyl (C=O) groups excluding carboxylic acids is 2. The molecule has 0 aromatic heterocycles. The Labute approximate surface area is 155 Å². The van der Waals surface area contributed by atoms with Crippen LogP contribution in [0.25, 0.3) is 0 Å². The fourth-order valence-electron chi connectivity index (χ4n) is 2.94. The Morgan fingerprint density at radius 3 is 2.42 bits per heavy atom. The van der Waals surface area contributed by atoms with E-state index in [0.29, 0.717) is 52.4 Å². The van der Waals surface area contributed by atoms with E-state index in [4.69, 9.17) is 4.74 Å². The van der Waals surface area contributed by atoms with Crippen LogP contribution in [0.5, 0.6) is 0 Å². The minimum Gasteiger partial charge on any atom is -0.380 e. The third-order valence-corrected chi connectivity index (χ3v) is 4.45. The molecular weight excluding hydrogens is 332 g/mol. The molecule has 1 fully saturated rings. The van der Waals surface area contributed by atoms with Crippen molar-refractivity contribution in [1.29, 1.82) is 0 Å². The van der Waals surface area contributed by atoms with E-state index < -0.39 is 0 Å². The van der Waals surface area contributed by atoms with E-state index in [0.717, 1.165) is 17.5 Å². The first kappa shape index (κ1) is 20.2. The lowest BCUT2D eigenvalue weighted by molar-refractivity contribution is -0.122. The number of carbonyl (C=O) groups is 2. The van der Waals surface area contributed by atoms with Gasteiger partial charge in [0.15, 0.2) is 0 Å². The van der Waals surface area contributed by atoms with Crippen LogP contribution in [0.3, 0.4) is 0 Å². The number of ether oxygens (including phenoxy) is 1. The van der Waals surface area contributed by atoms with Crippen LogP contribution in [0, 0.1) is 0 Å². The largest absolute Gasteiger partial charge is 0.380 e. The summed E-state index contributed by atoms with van der Waals surface area (Å²) in [6.45, 7) is 6.86. The molecule has 0 unspecified atom stereocenters. The molecule has 0 aliphatic carbocycles. The van der Waals surface area contributed by atoms with Gasteiger partial charge in [0.05, 0.1) is 13.2 Å². The van der Waals surface area contributed by atoms with Crippen LogP contribution in [-0.2, 0) is 22.7 Å². The minimum absolute atomic E-state index is 0.0551. The summed E-state index contributed by atoms with van der Waals surface area (Å²) in [6, 6.07) is 7.88. The molecule has 0 bridgehead atoms. The van der Waals surface area contributed by atoms with Crippen molar-refractivity contribution >= 4 is 11.9 Å². The van der Waals surface area contributed by atoms with E-state index in [2.05, 4.69) is 15.5 Å². The van der Waals surface area contributed by atoms with Crippen LogP contribution in [-0.4, -0.2) is 68.1 Å². The molecule has 0 spiro atoms. The van der Waals surface area contributed by atoms with E-state index in [1.54, 1.807) is 12.0 Å². The van der Waals surface area contributed by atoms with Gasteiger partial charge in [0.2, 0.25) is 5.91 Å². The highest BCUT2D eigenvalue weighted by Gasteiger charge is 2.22. The molecule has 2 rings (SSSR count). The molecule has 2 N–H and O–H groups in total. The molecule has 7 heteroatoms.